The summed E-state index contributed by atoms with van der Waals surface area (Å²) in [6.07, 6.45) is 4.60. The van der Waals surface area contributed by atoms with E-state index < -0.39 is 10.0 Å². The molecule has 144 valence electrons. The smallest absolute Gasteiger partial charge is 0.263 e. The summed E-state index contributed by atoms with van der Waals surface area (Å²) in [7, 11) is -3.72. The van der Waals surface area contributed by atoms with Gasteiger partial charge in [0, 0.05) is 28.2 Å². The van der Waals surface area contributed by atoms with Crippen molar-refractivity contribution in [2.75, 3.05) is 10.0 Å². The Balaban J connectivity index is 1.56. The lowest BCUT2D eigenvalue weighted by molar-refractivity contribution is -0.115. The highest BCUT2D eigenvalue weighted by molar-refractivity contribution is 7.93. The number of benzene rings is 1. The van der Waals surface area contributed by atoms with Gasteiger partial charge in [-0.2, -0.15) is 0 Å². The van der Waals surface area contributed by atoms with Gasteiger partial charge in [-0.1, -0.05) is 6.07 Å². The molecule has 2 aromatic heterocycles. The normalized spacial score (nSPS) is 11.3. The number of carbonyl (C=O) groups excluding carboxylic acids is 1. The first-order valence-electron chi connectivity index (χ1n) is 7.78. The minimum atomic E-state index is -3.72. The lowest BCUT2D eigenvalue weighted by Gasteiger charge is -2.09. The number of hydrogen-bond acceptors (Lipinski definition) is 7. The van der Waals surface area contributed by atoms with Crippen LogP contribution < -0.4 is 15.4 Å². The molecule has 3 N–H and O–H groups in total. The number of thiocarbonyl (C=S) groups is 1. The molecule has 2 heterocycles. The van der Waals surface area contributed by atoms with Crippen LogP contribution in [0.4, 0.5) is 10.8 Å². The second-order valence-corrected chi connectivity index (χ2v) is 9.22. The van der Waals surface area contributed by atoms with Gasteiger partial charge in [-0.05, 0) is 54.0 Å². The maximum absolute atomic E-state index is 12.3. The molecule has 0 bridgehead atoms. The number of thiophene rings is 1. The molecule has 0 fully saturated rings. The molecular formula is C17H14N4O3S4. The van der Waals surface area contributed by atoms with E-state index in [0.717, 1.165) is 4.88 Å². The van der Waals surface area contributed by atoms with Crippen molar-refractivity contribution in [3.8, 4) is 0 Å². The Kier molecular flexibility index (Phi) is 6.52. The maximum atomic E-state index is 12.3. The maximum Gasteiger partial charge on any atom is 0.263 e. The number of hydrogen-bond donors (Lipinski definition) is 3. The van der Waals surface area contributed by atoms with Crippen LogP contribution in [-0.4, -0.2) is 24.4 Å². The average molecular weight is 451 g/mol. The van der Waals surface area contributed by atoms with E-state index in [1.807, 2.05) is 17.5 Å². The van der Waals surface area contributed by atoms with E-state index in [4.69, 9.17) is 12.2 Å². The van der Waals surface area contributed by atoms with E-state index in [0.29, 0.717) is 10.8 Å². The van der Waals surface area contributed by atoms with Gasteiger partial charge in [0.2, 0.25) is 5.91 Å². The Labute approximate surface area is 175 Å². The number of aromatic nitrogens is 1. The number of thiazole rings is 1. The van der Waals surface area contributed by atoms with Crippen molar-refractivity contribution in [3.05, 3.63) is 64.3 Å². The highest BCUT2D eigenvalue weighted by Gasteiger charge is 2.15. The molecule has 3 rings (SSSR count). The molecule has 11 heteroatoms. The van der Waals surface area contributed by atoms with Crippen LogP contribution in [0.25, 0.3) is 6.08 Å². The summed E-state index contributed by atoms with van der Waals surface area (Å²) in [4.78, 5) is 16.8. The minimum absolute atomic E-state index is 0.0853. The molecule has 0 aliphatic carbocycles. The summed E-state index contributed by atoms with van der Waals surface area (Å²) in [6.45, 7) is 0. The van der Waals surface area contributed by atoms with Crippen LogP contribution in [0, 0.1) is 0 Å². The Bertz CT molecular complexity index is 1070. The van der Waals surface area contributed by atoms with Crippen LogP contribution in [0.5, 0.6) is 0 Å². The van der Waals surface area contributed by atoms with Crippen molar-refractivity contribution >= 4 is 72.8 Å². The summed E-state index contributed by atoms with van der Waals surface area (Å²) < 4.78 is 27.0. The monoisotopic (exact) mass is 450 g/mol. The molecule has 7 nitrogen and oxygen atoms in total. The van der Waals surface area contributed by atoms with Crippen LogP contribution in [0.15, 0.2) is 64.3 Å². The molecular weight excluding hydrogens is 436 g/mol. The second kappa shape index (κ2) is 9.06. The second-order valence-electron chi connectivity index (χ2n) is 5.26. The molecule has 0 aliphatic rings. The lowest BCUT2D eigenvalue weighted by atomic mass is 10.3. The number of anilines is 2. The Morgan fingerprint density at radius 3 is 2.54 bits per heavy atom. The van der Waals surface area contributed by atoms with E-state index >= 15 is 0 Å². The number of amides is 1. The Hall–Kier alpha value is -2.60. The standard InChI is InChI=1S/C17H14N4O3S4/c22-15(8-5-13-2-1-10-26-13)20-16(25)19-12-3-6-14(7-4-12)28(23,24)21-17-18-9-11-27-17/h1-11H,(H,18,21)(H2,19,20,22,25). The van der Waals surface area contributed by atoms with Crippen molar-refractivity contribution in [2.24, 2.45) is 0 Å². The predicted molar refractivity (Wildman–Crippen MR) is 117 cm³/mol. The number of nitrogens with one attached hydrogen (secondary N) is 3. The van der Waals surface area contributed by atoms with Gasteiger partial charge in [0.05, 0.1) is 4.90 Å². The Morgan fingerprint density at radius 2 is 1.89 bits per heavy atom. The summed E-state index contributed by atoms with van der Waals surface area (Å²) in [5, 5.41) is 9.36. The van der Waals surface area contributed by atoms with Crippen molar-refractivity contribution in [1.82, 2.24) is 10.3 Å². The quantitative estimate of drug-likeness (QED) is 0.392. The van der Waals surface area contributed by atoms with Crippen LogP contribution in [0.1, 0.15) is 4.88 Å². The van der Waals surface area contributed by atoms with E-state index in [2.05, 4.69) is 20.3 Å². The summed E-state index contributed by atoms with van der Waals surface area (Å²) in [5.41, 5.74) is 0.542. The molecule has 0 spiro atoms. The third-order valence-corrected chi connectivity index (χ3v) is 6.47. The van der Waals surface area contributed by atoms with Crippen LogP contribution in [0.3, 0.4) is 0 Å². The van der Waals surface area contributed by atoms with Crippen LogP contribution in [-0.2, 0) is 14.8 Å². The first-order valence-corrected chi connectivity index (χ1v) is 11.4. The van der Waals surface area contributed by atoms with Crippen molar-refractivity contribution < 1.29 is 13.2 Å². The molecule has 0 atom stereocenters. The molecule has 0 unspecified atom stereocenters. The highest BCUT2D eigenvalue weighted by atomic mass is 32.2. The summed E-state index contributed by atoms with van der Waals surface area (Å²) >= 11 is 7.80. The fourth-order valence-corrected chi connectivity index (χ4v) is 4.65. The van der Waals surface area contributed by atoms with Gasteiger partial charge < -0.3 is 5.32 Å². The zero-order chi connectivity index (χ0) is 20.0. The summed E-state index contributed by atoms with van der Waals surface area (Å²) in [6, 6.07) is 9.75. The lowest BCUT2D eigenvalue weighted by Crippen LogP contribution is -2.32. The SMILES string of the molecule is O=C(C=Cc1cccs1)NC(=S)Nc1ccc(S(=O)(=O)Nc2nccs2)cc1. The first-order chi connectivity index (χ1) is 13.4. The number of nitrogens with zero attached hydrogens (tertiary/aromatic N) is 1. The topological polar surface area (TPSA) is 100 Å². The van der Waals surface area contributed by atoms with Gasteiger partial charge in [-0.3, -0.25) is 14.8 Å². The van der Waals surface area contributed by atoms with Crippen LogP contribution in [0.2, 0.25) is 0 Å². The van der Waals surface area contributed by atoms with Gasteiger partial charge >= 0.3 is 0 Å². The van der Waals surface area contributed by atoms with Crippen molar-refractivity contribution in [2.45, 2.75) is 4.90 Å². The van der Waals surface area contributed by atoms with E-state index in [-0.39, 0.29) is 15.9 Å². The van der Waals surface area contributed by atoms with Crippen molar-refractivity contribution in [1.29, 1.82) is 0 Å². The van der Waals surface area contributed by atoms with Gasteiger partial charge in [-0.15, -0.1) is 22.7 Å². The molecule has 28 heavy (non-hydrogen) atoms. The van der Waals surface area contributed by atoms with E-state index in [9.17, 15) is 13.2 Å². The Morgan fingerprint density at radius 1 is 1.11 bits per heavy atom. The largest absolute Gasteiger partial charge is 0.332 e. The van der Waals surface area contributed by atoms with Crippen molar-refractivity contribution in [3.63, 3.8) is 0 Å². The van der Waals surface area contributed by atoms with Gasteiger partial charge in [0.25, 0.3) is 10.0 Å². The predicted octanol–water partition coefficient (Wildman–Crippen LogP) is 3.53. The molecule has 1 aromatic carbocycles. The fraction of sp³-hybridized carbons (Fsp3) is 0. The third kappa shape index (κ3) is 5.70. The first kappa shape index (κ1) is 20.1. The van der Waals surface area contributed by atoms with Gasteiger partial charge in [0.15, 0.2) is 10.2 Å². The third-order valence-electron chi connectivity index (χ3n) is 3.26. The van der Waals surface area contributed by atoms with E-state index in [1.165, 1.54) is 47.1 Å². The van der Waals surface area contributed by atoms with Gasteiger partial charge in [0.1, 0.15) is 0 Å². The zero-order valence-electron chi connectivity index (χ0n) is 14.2. The molecule has 0 saturated carbocycles. The molecule has 3 aromatic rings. The summed E-state index contributed by atoms with van der Waals surface area (Å²) in [5.74, 6) is -0.363. The fourth-order valence-electron chi connectivity index (χ4n) is 2.02. The number of sulfonamides is 1. The molecule has 0 aliphatic heterocycles. The minimum Gasteiger partial charge on any atom is -0.332 e. The number of carbonyl (C=O) groups is 1. The van der Waals surface area contributed by atoms with Crippen LogP contribution >= 0.6 is 34.9 Å². The molecule has 0 radical (unpaired) electrons. The highest BCUT2D eigenvalue weighted by Crippen LogP contribution is 2.19. The molecule has 0 saturated heterocycles. The van der Waals surface area contributed by atoms with Gasteiger partial charge in [-0.25, -0.2) is 13.4 Å². The number of rotatable bonds is 6. The van der Waals surface area contributed by atoms with E-state index in [1.54, 1.807) is 23.6 Å². The average Bonchev–Trinajstić information content (AvgIpc) is 3.34. The molecule has 1 amide bonds. The zero-order valence-corrected chi connectivity index (χ0v) is 17.4.